The van der Waals surface area contributed by atoms with Crippen LogP contribution in [0.1, 0.15) is 58.1 Å². The molecule has 1 saturated heterocycles. The van der Waals surface area contributed by atoms with E-state index in [0.29, 0.717) is 17.0 Å². The Bertz CT molecular complexity index is 740. The van der Waals surface area contributed by atoms with Crippen molar-refractivity contribution in [1.29, 1.82) is 0 Å². The Morgan fingerprint density at radius 2 is 1.79 bits per heavy atom. The number of nitrogens with one attached hydrogen (secondary N) is 1. The first-order valence-corrected chi connectivity index (χ1v) is 10.2. The lowest BCUT2D eigenvalue weighted by atomic mass is 10.1. The second-order valence-electron chi connectivity index (χ2n) is 7.32. The van der Waals surface area contributed by atoms with Crippen LogP contribution in [0.2, 0.25) is 0 Å². The van der Waals surface area contributed by atoms with E-state index < -0.39 is 24.5 Å². The highest BCUT2D eigenvalue weighted by Crippen LogP contribution is 2.32. The van der Waals surface area contributed by atoms with Gasteiger partial charge in [-0.3, -0.25) is 4.57 Å². The minimum Gasteiger partial charge on any atom is -0.394 e. The summed E-state index contributed by atoms with van der Waals surface area (Å²) in [6.45, 7) is 2.66. The lowest BCUT2D eigenvalue weighted by Gasteiger charge is -2.16. The predicted molar refractivity (Wildman–Crippen MR) is 105 cm³/mol. The Morgan fingerprint density at radius 3 is 2.50 bits per heavy atom. The van der Waals surface area contributed by atoms with Crippen LogP contribution < -0.4 is 5.32 Å². The third-order valence-electron chi connectivity index (χ3n) is 5.22. The van der Waals surface area contributed by atoms with Crippen LogP contribution in [0.15, 0.2) is 12.7 Å². The zero-order valence-electron chi connectivity index (χ0n) is 16.4. The molecule has 4 N–H and O–H groups in total. The van der Waals surface area contributed by atoms with Crippen LogP contribution in [-0.4, -0.2) is 66.3 Å². The second-order valence-corrected chi connectivity index (χ2v) is 7.32. The van der Waals surface area contributed by atoms with E-state index in [1.54, 1.807) is 4.57 Å². The first-order valence-electron chi connectivity index (χ1n) is 10.2. The number of ether oxygens (including phenoxy) is 1. The molecule has 0 bridgehead atoms. The Labute approximate surface area is 164 Å². The monoisotopic (exact) mass is 393 g/mol. The third-order valence-corrected chi connectivity index (χ3v) is 5.22. The minimum absolute atomic E-state index is 0.373. The number of aliphatic hydroxyl groups is 3. The number of hydrogen-bond donors (Lipinski definition) is 4. The molecule has 0 spiro atoms. The molecule has 2 aromatic heterocycles. The molecular formula is C19H31N5O4. The quantitative estimate of drug-likeness (QED) is 0.424. The third kappa shape index (κ3) is 4.60. The van der Waals surface area contributed by atoms with Crippen molar-refractivity contribution < 1.29 is 20.1 Å². The van der Waals surface area contributed by atoms with E-state index in [0.717, 1.165) is 13.0 Å². The molecule has 0 radical (unpaired) electrons. The van der Waals surface area contributed by atoms with E-state index in [1.807, 2.05) is 0 Å². The Morgan fingerprint density at radius 1 is 1.04 bits per heavy atom. The van der Waals surface area contributed by atoms with Crippen molar-refractivity contribution in [3.8, 4) is 0 Å². The largest absolute Gasteiger partial charge is 0.394 e. The molecule has 28 heavy (non-hydrogen) atoms. The maximum atomic E-state index is 10.2. The van der Waals surface area contributed by atoms with Gasteiger partial charge >= 0.3 is 0 Å². The van der Waals surface area contributed by atoms with E-state index >= 15 is 0 Å². The molecule has 9 nitrogen and oxygen atoms in total. The molecule has 1 fully saturated rings. The normalized spacial score (nSPS) is 24.9. The van der Waals surface area contributed by atoms with Crippen LogP contribution in [0.4, 0.5) is 5.82 Å². The van der Waals surface area contributed by atoms with Gasteiger partial charge in [-0.2, -0.15) is 0 Å². The first-order chi connectivity index (χ1) is 13.7. The fraction of sp³-hybridized carbons (Fsp3) is 0.737. The highest BCUT2D eigenvalue weighted by atomic mass is 16.6. The number of unbranched alkanes of at least 4 members (excludes halogenated alkanes) is 6. The van der Waals surface area contributed by atoms with Crippen molar-refractivity contribution in [1.82, 2.24) is 19.5 Å². The molecule has 0 saturated carbocycles. The number of anilines is 1. The second kappa shape index (κ2) is 10.1. The highest BCUT2D eigenvalue weighted by Gasteiger charge is 2.44. The van der Waals surface area contributed by atoms with Crippen LogP contribution >= 0.6 is 0 Å². The summed E-state index contributed by atoms with van der Waals surface area (Å²) in [4.78, 5) is 12.9. The van der Waals surface area contributed by atoms with Crippen LogP contribution in [0, 0.1) is 0 Å². The lowest BCUT2D eigenvalue weighted by molar-refractivity contribution is -0.0511. The van der Waals surface area contributed by atoms with Crippen LogP contribution in [0.25, 0.3) is 11.2 Å². The molecule has 4 atom stereocenters. The number of aliphatic hydroxyl groups excluding tert-OH is 3. The summed E-state index contributed by atoms with van der Waals surface area (Å²) in [5.74, 6) is 0.640. The van der Waals surface area contributed by atoms with Crippen molar-refractivity contribution in [3.05, 3.63) is 12.7 Å². The van der Waals surface area contributed by atoms with Gasteiger partial charge in [0.15, 0.2) is 23.2 Å². The van der Waals surface area contributed by atoms with Gasteiger partial charge in [-0.15, -0.1) is 0 Å². The van der Waals surface area contributed by atoms with Gasteiger partial charge in [0.05, 0.1) is 12.9 Å². The Kier molecular flexibility index (Phi) is 7.55. The molecule has 1 aliphatic heterocycles. The summed E-state index contributed by atoms with van der Waals surface area (Å²) in [5.41, 5.74) is 1.09. The van der Waals surface area contributed by atoms with E-state index in [9.17, 15) is 15.3 Å². The zero-order valence-corrected chi connectivity index (χ0v) is 16.4. The number of aromatic nitrogens is 4. The SMILES string of the molecule is CCCCCCCCCNc1ncnc2c1ncn2C1OC(CO)C(O)C1O. The van der Waals surface area contributed by atoms with Gasteiger partial charge in [-0.25, -0.2) is 15.0 Å². The maximum Gasteiger partial charge on any atom is 0.167 e. The van der Waals surface area contributed by atoms with Gasteiger partial charge in [0.2, 0.25) is 0 Å². The molecule has 0 aliphatic carbocycles. The number of hydrogen-bond acceptors (Lipinski definition) is 8. The fourth-order valence-electron chi connectivity index (χ4n) is 3.57. The molecule has 2 aromatic rings. The van der Waals surface area contributed by atoms with E-state index in [-0.39, 0.29) is 6.61 Å². The molecule has 1 aliphatic rings. The van der Waals surface area contributed by atoms with Gasteiger partial charge in [0.1, 0.15) is 24.6 Å². The fourth-order valence-corrected chi connectivity index (χ4v) is 3.57. The molecule has 0 aromatic carbocycles. The van der Waals surface area contributed by atoms with E-state index in [2.05, 4.69) is 27.2 Å². The summed E-state index contributed by atoms with van der Waals surface area (Å²) in [6.07, 6.45) is 7.60. The van der Waals surface area contributed by atoms with Crippen molar-refractivity contribution in [3.63, 3.8) is 0 Å². The van der Waals surface area contributed by atoms with Crippen LogP contribution in [0.5, 0.6) is 0 Å². The first kappa shape index (κ1) is 20.9. The maximum absolute atomic E-state index is 10.2. The summed E-state index contributed by atoms with van der Waals surface area (Å²) >= 11 is 0. The van der Waals surface area contributed by atoms with Gasteiger partial charge in [0.25, 0.3) is 0 Å². The summed E-state index contributed by atoms with van der Waals surface area (Å²) in [6, 6.07) is 0. The smallest absolute Gasteiger partial charge is 0.167 e. The number of nitrogens with zero attached hydrogens (tertiary/aromatic N) is 4. The Hall–Kier alpha value is -1.81. The molecule has 3 heterocycles. The standard InChI is InChI=1S/C19H31N5O4/c1-2-3-4-5-6-7-8-9-20-17-14-18(22-11-21-17)24(12-23-14)19-16(27)15(26)13(10-25)28-19/h11-13,15-16,19,25-27H,2-10H2,1H3,(H,20,21,22). The average Bonchev–Trinajstić information content (AvgIpc) is 3.26. The molecule has 4 unspecified atom stereocenters. The van der Waals surface area contributed by atoms with Gasteiger partial charge in [-0.05, 0) is 6.42 Å². The lowest BCUT2D eigenvalue weighted by Crippen LogP contribution is -2.33. The highest BCUT2D eigenvalue weighted by molar-refractivity contribution is 5.82. The van der Waals surface area contributed by atoms with Crippen LogP contribution in [-0.2, 0) is 4.74 Å². The van der Waals surface area contributed by atoms with E-state index in [4.69, 9.17) is 4.74 Å². The van der Waals surface area contributed by atoms with Crippen LogP contribution in [0.3, 0.4) is 0 Å². The molecule has 9 heteroatoms. The Balaban J connectivity index is 1.59. The van der Waals surface area contributed by atoms with Crippen molar-refractivity contribution in [2.75, 3.05) is 18.5 Å². The van der Waals surface area contributed by atoms with E-state index in [1.165, 1.54) is 51.2 Å². The number of rotatable bonds is 11. The molecule has 156 valence electrons. The van der Waals surface area contributed by atoms with Crippen molar-refractivity contribution in [2.45, 2.75) is 76.4 Å². The number of fused-ring (bicyclic) bond motifs is 1. The minimum atomic E-state index is -1.17. The molecule has 3 rings (SSSR count). The average molecular weight is 393 g/mol. The summed E-state index contributed by atoms with van der Waals surface area (Å²) in [5, 5.41) is 32.8. The molecule has 0 amide bonds. The summed E-state index contributed by atoms with van der Waals surface area (Å²) < 4.78 is 7.14. The van der Waals surface area contributed by atoms with Gasteiger partial charge < -0.3 is 25.4 Å². The number of imidazole rings is 1. The summed E-state index contributed by atoms with van der Waals surface area (Å²) in [7, 11) is 0. The van der Waals surface area contributed by atoms with Crippen molar-refractivity contribution in [2.24, 2.45) is 0 Å². The van der Waals surface area contributed by atoms with Crippen molar-refractivity contribution >= 4 is 17.0 Å². The zero-order chi connectivity index (χ0) is 19.9. The topological polar surface area (TPSA) is 126 Å². The molecular weight excluding hydrogens is 362 g/mol. The van der Waals surface area contributed by atoms with Gasteiger partial charge in [-0.1, -0.05) is 45.4 Å². The predicted octanol–water partition coefficient (Wildman–Crippen LogP) is 1.60. The van der Waals surface area contributed by atoms with Gasteiger partial charge in [0, 0.05) is 6.54 Å².